The van der Waals surface area contributed by atoms with Crippen LogP contribution in [0.15, 0.2) is 48.5 Å². The van der Waals surface area contributed by atoms with Gasteiger partial charge in [-0.1, -0.05) is 54.1 Å². The molecule has 1 unspecified atom stereocenters. The minimum absolute atomic E-state index is 0.229. The second kappa shape index (κ2) is 4.37. The van der Waals surface area contributed by atoms with Gasteiger partial charge in [-0.15, -0.1) is 0 Å². The Labute approximate surface area is 115 Å². The molecule has 19 heavy (non-hydrogen) atoms. The number of hydrogen-bond acceptors (Lipinski definition) is 2. The molecule has 0 bridgehead atoms. The molecule has 0 aliphatic carbocycles. The van der Waals surface area contributed by atoms with Crippen molar-refractivity contribution in [2.24, 2.45) is 0 Å². The summed E-state index contributed by atoms with van der Waals surface area (Å²) in [6, 6.07) is 14.6. The highest BCUT2D eigenvalue weighted by molar-refractivity contribution is 6.34. The summed E-state index contributed by atoms with van der Waals surface area (Å²) in [6.45, 7) is 0. The molecule has 96 valence electrons. The molecule has 4 heteroatoms. The fourth-order valence-corrected chi connectivity index (χ4v) is 2.62. The quantitative estimate of drug-likeness (QED) is 0.884. The normalized spacial score (nSPS) is 21.1. The average molecular weight is 274 g/mol. The van der Waals surface area contributed by atoms with Crippen LogP contribution in [0.1, 0.15) is 11.1 Å². The van der Waals surface area contributed by atoms with Gasteiger partial charge in [0.2, 0.25) is 0 Å². The van der Waals surface area contributed by atoms with Crippen LogP contribution in [0.3, 0.4) is 0 Å². The molecule has 0 saturated heterocycles. The molecule has 0 saturated carbocycles. The smallest absolute Gasteiger partial charge is 0.261 e. The number of carbonyl (C=O) groups is 1. The number of rotatable bonds is 2. The molecule has 0 radical (unpaired) electrons. The summed E-state index contributed by atoms with van der Waals surface area (Å²) in [5, 5.41) is 13.8. The summed E-state index contributed by atoms with van der Waals surface area (Å²) in [6.07, 6.45) is 0.229. The number of anilines is 1. The molecule has 1 amide bonds. The Morgan fingerprint density at radius 1 is 1.11 bits per heavy atom. The second-order valence-electron chi connectivity index (χ2n) is 4.64. The van der Waals surface area contributed by atoms with E-state index < -0.39 is 11.5 Å². The molecule has 1 aliphatic heterocycles. The van der Waals surface area contributed by atoms with Crippen molar-refractivity contribution in [3.63, 3.8) is 0 Å². The van der Waals surface area contributed by atoms with Gasteiger partial charge in [0.05, 0.1) is 10.7 Å². The maximum atomic E-state index is 12.1. The van der Waals surface area contributed by atoms with Gasteiger partial charge in [-0.05, 0) is 11.6 Å². The summed E-state index contributed by atoms with van der Waals surface area (Å²) in [5.41, 5.74) is 0.385. The standard InChI is InChI=1S/C15H12ClNO2/c16-12-8-4-7-11-13(12)17-14(18)15(11,19)9-10-5-2-1-3-6-10/h1-8,19H,9H2,(H,17,18). The predicted octanol–water partition coefficient (Wildman–Crippen LogP) is 2.72. The Morgan fingerprint density at radius 2 is 1.84 bits per heavy atom. The average Bonchev–Trinajstić information content (AvgIpc) is 2.65. The molecule has 0 spiro atoms. The maximum absolute atomic E-state index is 12.1. The number of fused-ring (bicyclic) bond motifs is 1. The fraction of sp³-hybridized carbons (Fsp3) is 0.133. The third-order valence-electron chi connectivity index (χ3n) is 3.38. The van der Waals surface area contributed by atoms with Crippen molar-refractivity contribution >= 4 is 23.2 Å². The first-order valence-corrected chi connectivity index (χ1v) is 6.36. The highest BCUT2D eigenvalue weighted by Crippen LogP contribution is 2.41. The van der Waals surface area contributed by atoms with Gasteiger partial charge < -0.3 is 10.4 Å². The lowest BCUT2D eigenvalue weighted by Gasteiger charge is -2.20. The van der Waals surface area contributed by atoms with Gasteiger partial charge in [0, 0.05) is 12.0 Å². The molecular formula is C15H12ClNO2. The number of halogens is 1. The van der Waals surface area contributed by atoms with Crippen molar-refractivity contribution in [1.29, 1.82) is 0 Å². The molecule has 1 heterocycles. The third-order valence-corrected chi connectivity index (χ3v) is 3.69. The lowest BCUT2D eigenvalue weighted by atomic mass is 9.88. The van der Waals surface area contributed by atoms with E-state index in [2.05, 4.69) is 5.32 Å². The fourth-order valence-electron chi connectivity index (χ4n) is 2.40. The number of aliphatic hydroxyl groups is 1. The maximum Gasteiger partial charge on any atom is 0.261 e. The zero-order valence-corrected chi connectivity index (χ0v) is 10.8. The molecule has 2 aromatic rings. The van der Waals surface area contributed by atoms with Gasteiger partial charge in [-0.2, -0.15) is 0 Å². The summed E-state index contributed by atoms with van der Waals surface area (Å²) in [5.74, 6) is -0.431. The monoisotopic (exact) mass is 273 g/mol. The van der Waals surface area contributed by atoms with Crippen LogP contribution >= 0.6 is 11.6 Å². The molecule has 3 rings (SSSR count). The molecular weight excluding hydrogens is 262 g/mol. The van der Waals surface area contributed by atoms with Crippen LogP contribution in [0.5, 0.6) is 0 Å². The zero-order chi connectivity index (χ0) is 13.5. The number of nitrogens with one attached hydrogen (secondary N) is 1. The van der Waals surface area contributed by atoms with E-state index in [1.54, 1.807) is 18.2 Å². The van der Waals surface area contributed by atoms with E-state index in [4.69, 9.17) is 11.6 Å². The summed E-state index contributed by atoms with van der Waals surface area (Å²) >= 11 is 6.04. The van der Waals surface area contributed by atoms with Crippen LogP contribution in [0, 0.1) is 0 Å². The number of hydrogen-bond donors (Lipinski definition) is 2. The molecule has 1 aliphatic rings. The van der Waals surface area contributed by atoms with Crippen molar-refractivity contribution < 1.29 is 9.90 Å². The van der Waals surface area contributed by atoms with Gasteiger partial charge >= 0.3 is 0 Å². The lowest BCUT2D eigenvalue weighted by Crippen LogP contribution is -2.36. The third kappa shape index (κ3) is 1.91. The Morgan fingerprint density at radius 3 is 2.58 bits per heavy atom. The molecule has 1 atom stereocenters. The number of amides is 1. The Hall–Kier alpha value is -1.84. The molecule has 3 nitrogen and oxygen atoms in total. The Bertz CT molecular complexity index is 642. The number of carbonyl (C=O) groups excluding carboxylic acids is 1. The van der Waals surface area contributed by atoms with Crippen LogP contribution in [0.2, 0.25) is 5.02 Å². The van der Waals surface area contributed by atoms with Gasteiger partial charge in [0.1, 0.15) is 0 Å². The van der Waals surface area contributed by atoms with Gasteiger partial charge in [-0.25, -0.2) is 0 Å². The van der Waals surface area contributed by atoms with Crippen molar-refractivity contribution in [2.75, 3.05) is 5.32 Å². The Balaban J connectivity index is 2.05. The van der Waals surface area contributed by atoms with E-state index in [1.165, 1.54) is 0 Å². The topological polar surface area (TPSA) is 49.3 Å². The van der Waals surface area contributed by atoms with E-state index in [-0.39, 0.29) is 6.42 Å². The highest BCUT2D eigenvalue weighted by atomic mass is 35.5. The van der Waals surface area contributed by atoms with Gasteiger partial charge in [0.15, 0.2) is 5.60 Å². The zero-order valence-electron chi connectivity index (χ0n) is 10.1. The van der Waals surface area contributed by atoms with Crippen molar-refractivity contribution in [3.05, 3.63) is 64.7 Å². The summed E-state index contributed by atoms with van der Waals surface area (Å²) in [7, 11) is 0. The first kappa shape index (κ1) is 12.2. The first-order valence-electron chi connectivity index (χ1n) is 5.98. The minimum Gasteiger partial charge on any atom is -0.375 e. The molecule has 0 aromatic heterocycles. The number of para-hydroxylation sites is 1. The van der Waals surface area contributed by atoms with Crippen LogP contribution < -0.4 is 5.32 Å². The van der Waals surface area contributed by atoms with Crippen LogP contribution in [0.4, 0.5) is 5.69 Å². The summed E-state index contributed by atoms with van der Waals surface area (Å²) in [4.78, 5) is 12.1. The second-order valence-corrected chi connectivity index (χ2v) is 5.05. The SMILES string of the molecule is O=C1Nc2c(Cl)cccc2C1(O)Cc1ccccc1. The van der Waals surface area contributed by atoms with Crippen LogP contribution in [-0.2, 0) is 16.8 Å². The Kier molecular flexibility index (Phi) is 2.81. The lowest BCUT2D eigenvalue weighted by molar-refractivity contribution is -0.133. The van der Waals surface area contributed by atoms with E-state index in [0.29, 0.717) is 16.3 Å². The van der Waals surface area contributed by atoms with Gasteiger partial charge in [0.25, 0.3) is 5.91 Å². The van der Waals surface area contributed by atoms with Gasteiger partial charge in [-0.3, -0.25) is 4.79 Å². The summed E-state index contributed by atoms with van der Waals surface area (Å²) < 4.78 is 0. The van der Waals surface area contributed by atoms with E-state index in [9.17, 15) is 9.90 Å². The molecule has 2 aromatic carbocycles. The van der Waals surface area contributed by atoms with E-state index in [0.717, 1.165) is 5.56 Å². The highest BCUT2D eigenvalue weighted by Gasteiger charge is 2.45. The van der Waals surface area contributed by atoms with Crippen molar-refractivity contribution in [3.8, 4) is 0 Å². The molecule has 2 N–H and O–H groups in total. The van der Waals surface area contributed by atoms with Crippen LogP contribution in [-0.4, -0.2) is 11.0 Å². The van der Waals surface area contributed by atoms with Crippen molar-refractivity contribution in [2.45, 2.75) is 12.0 Å². The van der Waals surface area contributed by atoms with Crippen molar-refractivity contribution in [1.82, 2.24) is 0 Å². The first-order chi connectivity index (χ1) is 9.11. The molecule has 0 fully saturated rings. The largest absolute Gasteiger partial charge is 0.375 e. The minimum atomic E-state index is -1.55. The van der Waals surface area contributed by atoms with E-state index >= 15 is 0 Å². The predicted molar refractivity (Wildman–Crippen MR) is 74.1 cm³/mol. The van der Waals surface area contributed by atoms with E-state index in [1.807, 2.05) is 30.3 Å². The van der Waals surface area contributed by atoms with Crippen LogP contribution in [0.25, 0.3) is 0 Å². The number of benzene rings is 2.